The van der Waals surface area contributed by atoms with Gasteiger partial charge in [-0.3, -0.25) is 0 Å². The number of rotatable bonds is 12. The van der Waals surface area contributed by atoms with E-state index in [1.165, 1.54) is 24.3 Å². The summed E-state index contributed by atoms with van der Waals surface area (Å²) in [4.78, 5) is 41.8. The Morgan fingerprint density at radius 3 is 1.53 bits per heavy atom. The molecule has 0 saturated carbocycles. The highest BCUT2D eigenvalue weighted by molar-refractivity contribution is 7.88. The number of aliphatic hydroxyl groups excluding tert-OH is 1. The average molecular weight is 943 g/mol. The Bertz CT molecular complexity index is 2430. The van der Waals surface area contributed by atoms with Crippen molar-refractivity contribution in [3.63, 3.8) is 0 Å². The molecule has 0 aliphatic carbocycles. The van der Waals surface area contributed by atoms with Gasteiger partial charge in [0, 0.05) is 34.4 Å². The van der Waals surface area contributed by atoms with Crippen LogP contribution in [-0.4, -0.2) is 97.0 Å². The van der Waals surface area contributed by atoms with Gasteiger partial charge in [0.2, 0.25) is 11.8 Å². The third-order valence-electron chi connectivity index (χ3n) is 8.74. The predicted molar refractivity (Wildman–Crippen MR) is 205 cm³/mol. The number of hydrogen-bond acceptors (Lipinski definition) is 13. The number of alkyl halides is 4. The molecule has 0 radical (unpaired) electrons. The number of aliphatic carboxylic acids is 1. The Morgan fingerprint density at radius 2 is 1.19 bits per heavy atom. The normalized spacial score (nSPS) is 15.3. The number of esters is 2. The minimum absolute atomic E-state index is 0. The first kappa shape index (κ1) is 52.3. The first-order valence-corrected chi connectivity index (χ1v) is 19.7. The van der Waals surface area contributed by atoms with Gasteiger partial charge in [-0.2, -0.15) is 26.0 Å². The first-order valence-electron chi connectivity index (χ1n) is 18.3. The topological polar surface area (TPSA) is 198 Å². The van der Waals surface area contributed by atoms with E-state index < -0.39 is 75.5 Å². The summed E-state index contributed by atoms with van der Waals surface area (Å²) in [7, 11) is -6.33. The van der Waals surface area contributed by atoms with Gasteiger partial charge in [0.05, 0.1) is 26.4 Å². The largest absolute Gasteiger partial charge is 0.476 e. The Kier molecular flexibility index (Phi) is 18.4. The number of aliphatic hydroxyl groups is 1. The predicted octanol–water partition coefficient (Wildman–Crippen LogP) is 7.62. The van der Waals surface area contributed by atoms with Crippen LogP contribution in [0, 0.1) is 23.3 Å². The smallest absolute Gasteiger partial charge is 0.470 e. The molecule has 2 aromatic heterocycles. The lowest BCUT2D eigenvalue weighted by molar-refractivity contribution is -0.154. The maximum Gasteiger partial charge on any atom is 0.470 e. The maximum absolute atomic E-state index is 14.4. The molecule has 2 N–H and O–H groups in total. The van der Waals surface area contributed by atoms with Crippen LogP contribution < -0.4 is 9.47 Å². The van der Waals surface area contributed by atoms with Gasteiger partial charge < -0.3 is 33.9 Å². The number of fused-ring (bicyclic) bond motifs is 2. The van der Waals surface area contributed by atoms with Crippen molar-refractivity contribution in [3.8, 4) is 34.0 Å². The van der Waals surface area contributed by atoms with Crippen molar-refractivity contribution < 1.29 is 95.7 Å². The lowest BCUT2D eigenvalue weighted by Gasteiger charge is -2.27. The summed E-state index contributed by atoms with van der Waals surface area (Å²) in [5.41, 5.74) is 1.87. The van der Waals surface area contributed by atoms with E-state index >= 15 is 0 Å². The van der Waals surface area contributed by atoms with Crippen LogP contribution in [0.2, 0.25) is 0 Å². The lowest BCUT2D eigenvalue weighted by Crippen LogP contribution is -2.34. The standard InChI is InChI=1S/C19H17F4NO4.C18H17F2NO4.C2HF3O4S.CH4/c1-2-26-18(25)16-8-14(12-5-3-10(20)7-15(12)21)13-6-4-11(9-27-19(22)23)28-17(13)24-16;1-2-24-18(23)16-8-14(12-5-3-10(19)7-15(12)20)13-6-4-11(9-22)25-17(13)21-16;3-2(4,1(6)7)10(5,8)9;/h3,5,7-8,11,19H,2,4,6,9H2,1H3;3,5,7-8,11,22H,2,4,6,9H2,1H3;(H,6,7);1H4. The highest BCUT2D eigenvalue weighted by atomic mass is 32.3. The molecule has 4 heterocycles. The molecular weight excluding hydrogens is 903 g/mol. The van der Waals surface area contributed by atoms with Crippen molar-refractivity contribution in [2.75, 3.05) is 26.4 Å². The minimum atomic E-state index is -6.33. The number of aromatic nitrogens is 2. The molecule has 14 nitrogen and oxygen atoms in total. The monoisotopic (exact) mass is 942 g/mol. The molecule has 350 valence electrons. The molecule has 2 aliphatic heterocycles. The second-order valence-electron chi connectivity index (χ2n) is 13.0. The highest BCUT2D eigenvalue weighted by Crippen LogP contribution is 2.38. The molecule has 64 heavy (non-hydrogen) atoms. The molecule has 2 aliphatic rings. The maximum atomic E-state index is 14.4. The zero-order chi connectivity index (χ0) is 46.8. The summed E-state index contributed by atoms with van der Waals surface area (Å²) < 4.78 is 158. The molecule has 0 bridgehead atoms. The van der Waals surface area contributed by atoms with E-state index in [9.17, 15) is 66.9 Å². The van der Waals surface area contributed by atoms with E-state index in [-0.39, 0.29) is 68.1 Å². The van der Waals surface area contributed by atoms with E-state index in [4.69, 9.17) is 24.1 Å². The van der Waals surface area contributed by atoms with E-state index in [0.29, 0.717) is 47.9 Å². The summed E-state index contributed by atoms with van der Waals surface area (Å²) in [6, 6.07) is 9.10. The molecular formula is C40H39F9N2O12S. The number of carbonyl (C=O) groups excluding carboxylic acids is 2. The van der Waals surface area contributed by atoms with E-state index in [1.807, 2.05) is 0 Å². The van der Waals surface area contributed by atoms with Gasteiger partial charge in [0.1, 0.15) is 35.5 Å². The van der Waals surface area contributed by atoms with Gasteiger partial charge in [0.25, 0.3) is 0 Å². The Hall–Kier alpha value is -6.01. The van der Waals surface area contributed by atoms with Crippen molar-refractivity contribution in [1.82, 2.24) is 9.97 Å². The van der Waals surface area contributed by atoms with E-state index in [2.05, 4.69) is 14.7 Å². The average Bonchev–Trinajstić information content (AvgIpc) is 3.22. The van der Waals surface area contributed by atoms with Crippen LogP contribution in [-0.2, 0) is 42.1 Å². The molecule has 2 atom stereocenters. The van der Waals surface area contributed by atoms with Crippen LogP contribution in [0.4, 0.5) is 39.0 Å². The molecule has 0 fully saturated rings. The molecule has 2 aromatic carbocycles. The molecule has 24 heteroatoms. The van der Waals surface area contributed by atoms with Crippen LogP contribution in [0.15, 0.2) is 48.5 Å². The number of halogens is 9. The first-order chi connectivity index (χ1) is 29.6. The Labute approximate surface area is 359 Å². The lowest BCUT2D eigenvalue weighted by atomic mass is 9.94. The van der Waals surface area contributed by atoms with Crippen molar-refractivity contribution in [2.45, 2.75) is 71.0 Å². The number of ether oxygens (including phenoxy) is 5. The SMILES string of the molecule is C.CCOC(=O)c1cc(-c2ccc(F)cc2F)c2c(n1)OC(CO)CC2.CCOC(=O)c1cc(-c2ccc(F)cc2F)c2c(n1)OC(COC(F)F)CC2.O=C(O)C(F)(F)S(=O)(=O)F. The molecule has 2 unspecified atom stereocenters. The van der Waals surface area contributed by atoms with E-state index in [0.717, 1.165) is 24.3 Å². The quantitative estimate of drug-likeness (QED) is 0.0799. The number of pyridine rings is 2. The fraction of sp³-hybridized carbons (Fsp3) is 0.375. The number of hydrogen-bond donors (Lipinski definition) is 2. The second kappa shape index (κ2) is 22.6. The number of carbonyl (C=O) groups is 3. The number of carboxylic acid groups (broad SMARTS) is 1. The van der Waals surface area contributed by atoms with Gasteiger partial charge in [-0.05, 0) is 87.1 Å². The van der Waals surface area contributed by atoms with Gasteiger partial charge in [-0.25, -0.2) is 41.9 Å². The zero-order valence-electron chi connectivity index (χ0n) is 32.7. The van der Waals surface area contributed by atoms with Gasteiger partial charge in [-0.15, -0.1) is 0 Å². The van der Waals surface area contributed by atoms with Crippen LogP contribution in [0.3, 0.4) is 0 Å². The van der Waals surface area contributed by atoms with Gasteiger partial charge >= 0.3 is 40.0 Å². The molecule has 0 spiro atoms. The second-order valence-corrected chi connectivity index (χ2v) is 14.3. The third-order valence-corrected chi connectivity index (χ3v) is 9.53. The van der Waals surface area contributed by atoms with Crippen molar-refractivity contribution in [2.24, 2.45) is 0 Å². The summed E-state index contributed by atoms with van der Waals surface area (Å²) >= 11 is 0. The zero-order valence-corrected chi connectivity index (χ0v) is 33.5. The number of nitrogens with zero attached hydrogens (tertiary/aromatic N) is 2. The Balaban J connectivity index is 0.000000279. The fourth-order valence-corrected chi connectivity index (χ4v) is 6.07. The van der Waals surface area contributed by atoms with Crippen LogP contribution in [0.5, 0.6) is 11.8 Å². The molecule has 0 saturated heterocycles. The summed E-state index contributed by atoms with van der Waals surface area (Å²) in [6.45, 7) is 0.0581. The van der Waals surface area contributed by atoms with Crippen LogP contribution >= 0.6 is 0 Å². The highest BCUT2D eigenvalue weighted by Gasteiger charge is 2.54. The van der Waals surface area contributed by atoms with E-state index in [1.54, 1.807) is 13.8 Å². The molecule has 4 aromatic rings. The number of benzene rings is 2. The molecule has 0 amide bonds. The fourth-order valence-electron chi connectivity index (χ4n) is 5.86. The summed E-state index contributed by atoms with van der Waals surface area (Å²) in [6.07, 6.45) is 0.536. The van der Waals surface area contributed by atoms with Crippen LogP contribution in [0.25, 0.3) is 22.3 Å². The van der Waals surface area contributed by atoms with Gasteiger partial charge in [-0.1, -0.05) is 11.3 Å². The molecule has 6 rings (SSSR count). The van der Waals surface area contributed by atoms with Gasteiger partial charge in [0.15, 0.2) is 11.4 Å². The number of carboxylic acids is 1. The van der Waals surface area contributed by atoms with Crippen molar-refractivity contribution in [1.29, 1.82) is 0 Å². The van der Waals surface area contributed by atoms with Crippen molar-refractivity contribution in [3.05, 3.63) is 94.3 Å². The third kappa shape index (κ3) is 13.0. The summed E-state index contributed by atoms with van der Waals surface area (Å²) in [5.74, 6) is -7.25. The summed E-state index contributed by atoms with van der Waals surface area (Å²) in [5, 5.41) is 11.4. The Morgan fingerprint density at radius 1 is 0.766 bits per heavy atom. The van der Waals surface area contributed by atoms with Crippen LogP contribution in [0.1, 0.15) is 66.2 Å². The minimum Gasteiger partial charge on any atom is -0.476 e. The van der Waals surface area contributed by atoms with Crippen molar-refractivity contribution >= 4 is 28.1 Å².